The van der Waals surface area contributed by atoms with Crippen molar-refractivity contribution in [3.05, 3.63) is 100 Å². The molecule has 2 aromatic carbocycles. The van der Waals surface area contributed by atoms with Crippen LogP contribution in [0.5, 0.6) is 0 Å². The molecule has 0 saturated carbocycles. The van der Waals surface area contributed by atoms with Crippen molar-refractivity contribution in [2.45, 2.75) is 34.6 Å². The van der Waals surface area contributed by atoms with Gasteiger partial charge in [-0.25, -0.2) is 4.39 Å². The van der Waals surface area contributed by atoms with Crippen LogP contribution in [0.15, 0.2) is 66.5 Å². The summed E-state index contributed by atoms with van der Waals surface area (Å²) in [7, 11) is 0. The first-order chi connectivity index (χ1) is 13.2. The van der Waals surface area contributed by atoms with E-state index in [2.05, 4.69) is 50.6 Å². The van der Waals surface area contributed by atoms with Crippen molar-refractivity contribution in [2.24, 2.45) is 0 Å². The summed E-state index contributed by atoms with van der Waals surface area (Å²) in [5, 5.41) is 6.45. The number of halogens is 1. The summed E-state index contributed by atoms with van der Waals surface area (Å²) < 4.78 is 14.2. The van der Waals surface area contributed by atoms with E-state index in [9.17, 15) is 4.39 Å². The summed E-state index contributed by atoms with van der Waals surface area (Å²) in [5.41, 5.74) is 7.81. The number of nitrogens with one attached hydrogen (secondary N) is 2. The third-order valence-electron chi connectivity index (χ3n) is 5.02. The normalized spacial score (nSPS) is 11.1. The number of thiocarbonyl (C=S) groups is 1. The van der Waals surface area contributed by atoms with Crippen LogP contribution < -0.4 is 10.6 Å². The minimum atomic E-state index is -0.346. The molecule has 0 amide bonds. The molecule has 2 N–H and O–H groups in total. The summed E-state index contributed by atoms with van der Waals surface area (Å²) in [6.45, 7) is 18.2. The molecule has 0 heterocycles. The largest absolute Gasteiger partial charge is 0.355 e. The SMILES string of the molecule is C=C(Nc1ccc(C)c(C)c1C)C(=C)/C(=C\C)NC(=S)c1c(C)cccc1F. The Kier molecular flexibility index (Phi) is 6.92. The third kappa shape index (κ3) is 4.57. The molecule has 2 nitrogen and oxygen atoms in total. The van der Waals surface area contributed by atoms with E-state index in [-0.39, 0.29) is 5.82 Å². The lowest BCUT2D eigenvalue weighted by molar-refractivity contribution is 0.623. The Morgan fingerprint density at radius 2 is 1.68 bits per heavy atom. The quantitative estimate of drug-likeness (QED) is 0.437. The Morgan fingerprint density at radius 3 is 2.29 bits per heavy atom. The van der Waals surface area contributed by atoms with Gasteiger partial charge < -0.3 is 10.6 Å². The number of aryl methyl sites for hydroxylation is 2. The number of rotatable bonds is 6. The summed E-state index contributed by atoms with van der Waals surface area (Å²) in [5.74, 6) is -0.346. The minimum Gasteiger partial charge on any atom is -0.355 e. The second-order valence-corrected chi connectivity index (χ2v) is 7.26. The highest BCUT2D eigenvalue weighted by Gasteiger charge is 2.15. The van der Waals surface area contributed by atoms with E-state index >= 15 is 0 Å². The summed E-state index contributed by atoms with van der Waals surface area (Å²) in [6.07, 6.45) is 1.85. The van der Waals surface area contributed by atoms with Crippen molar-refractivity contribution < 1.29 is 4.39 Å². The van der Waals surface area contributed by atoms with E-state index in [1.807, 2.05) is 32.1 Å². The molecule has 0 bridgehead atoms. The van der Waals surface area contributed by atoms with Gasteiger partial charge in [-0.15, -0.1) is 0 Å². The molecular weight excluding hydrogens is 367 g/mol. The Balaban J connectivity index is 2.18. The van der Waals surface area contributed by atoms with Crippen LogP contribution in [-0.4, -0.2) is 4.99 Å². The van der Waals surface area contributed by atoms with Crippen molar-refractivity contribution in [2.75, 3.05) is 5.32 Å². The Morgan fingerprint density at radius 1 is 1.00 bits per heavy atom. The predicted octanol–water partition coefficient (Wildman–Crippen LogP) is 6.41. The monoisotopic (exact) mass is 394 g/mol. The molecule has 0 radical (unpaired) electrons. The van der Waals surface area contributed by atoms with Crippen LogP contribution >= 0.6 is 12.2 Å². The smallest absolute Gasteiger partial charge is 0.133 e. The topological polar surface area (TPSA) is 24.1 Å². The molecule has 0 aliphatic carbocycles. The van der Waals surface area contributed by atoms with Gasteiger partial charge in [0.1, 0.15) is 10.8 Å². The van der Waals surface area contributed by atoms with Crippen LogP contribution in [0.2, 0.25) is 0 Å². The highest BCUT2D eigenvalue weighted by Crippen LogP contribution is 2.25. The fourth-order valence-electron chi connectivity index (χ4n) is 2.92. The standard InChI is InChI=1S/C24H27FN2S/c1-8-21(27-24(28)23-15(3)10-9-11-20(23)25)18(6)19(7)26-22-13-12-14(2)16(4)17(22)5/h8-13,26H,6-7H2,1-5H3,(H,27,28)/b21-8+. The van der Waals surface area contributed by atoms with Crippen LogP contribution in [0.4, 0.5) is 10.1 Å². The first-order valence-electron chi connectivity index (χ1n) is 9.12. The zero-order valence-corrected chi connectivity index (χ0v) is 18.0. The van der Waals surface area contributed by atoms with Crippen molar-refractivity contribution in [3.63, 3.8) is 0 Å². The van der Waals surface area contributed by atoms with Crippen molar-refractivity contribution in [1.29, 1.82) is 0 Å². The molecule has 146 valence electrons. The maximum atomic E-state index is 14.2. The van der Waals surface area contributed by atoms with Gasteiger partial charge in [-0.1, -0.05) is 49.7 Å². The minimum absolute atomic E-state index is 0.319. The van der Waals surface area contributed by atoms with E-state index < -0.39 is 0 Å². The Labute approximate surface area is 172 Å². The van der Waals surface area contributed by atoms with Crippen LogP contribution in [0.25, 0.3) is 0 Å². The number of hydrogen-bond acceptors (Lipinski definition) is 2. The fourth-order valence-corrected chi connectivity index (χ4v) is 3.29. The summed E-state index contributed by atoms with van der Waals surface area (Å²) in [6, 6.07) is 9.02. The molecule has 4 heteroatoms. The first-order valence-corrected chi connectivity index (χ1v) is 9.53. The molecule has 2 aromatic rings. The second-order valence-electron chi connectivity index (χ2n) is 6.85. The van der Waals surface area contributed by atoms with Crippen LogP contribution in [0, 0.1) is 33.5 Å². The zero-order chi connectivity index (χ0) is 21.0. The molecule has 0 saturated heterocycles. The molecular formula is C24H27FN2S. The number of allylic oxidation sites excluding steroid dienone is 1. The van der Waals surface area contributed by atoms with Gasteiger partial charge in [0.25, 0.3) is 0 Å². The second kappa shape index (κ2) is 8.98. The van der Waals surface area contributed by atoms with E-state index in [0.717, 1.165) is 11.3 Å². The fraction of sp³-hybridized carbons (Fsp3) is 0.208. The molecule has 28 heavy (non-hydrogen) atoms. The molecule has 0 aliphatic heterocycles. The van der Waals surface area contributed by atoms with Gasteiger partial charge in [-0.3, -0.25) is 0 Å². The van der Waals surface area contributed by atoms with E-state index in [0.29, 0.717) is 27.5 Å². The van der Waals surface area contributed by atoms with Gasteiger partial charge in [0.15, 0.2) is 0 Å². The van der Waals surface area contributed by atoms with Crippen molar-refractivity contribution >= 4 is 22.9 Å². The maximum Gasteiger partial charge on any atom is 0.133 e. The number of hydrogen-bond donors (Lipinski definition) is 2. The lowest BCUT2D eigenvalue weighted by atomic mass is 10.0. The van der Waals surface area contributed by atoms with Crippen LogP contribution in [0.3, 0.4) is 0 Å². The van der Waals surface area contributed by atoms with E-state index in [1.54, 1.807) is 6.07 Å². The lowest BCUT2D eigenvalue weighted by Gasteiger charge is -2.20. The molecule has 0 fully saturated rings. The Bertz CT molecular complexity index is 966. The predicted molar refractivity (Wildman–Crippen MR) is 122 cm³/mol. The Hall–Kier alpha value is -2.72. The molecule has 0 aromatic heterocycles. The number of anilines is 1. The van der Waals surface area contributed by atoms with Gasteiger partial charge in [0.05, 0.1) is 0 Å². The summed E-state index contributed by atoms with van der Waals surface area (Å²) >= 11 is 5.44. The van der Waals surface area contributed by atoms with Gasteiger partial charge >= 0.3 is 0 Å². The maximum absolute atomic E-state index is 14.2. The van der Waals surface area contributed by atoms with Gasteiger partial charge in [0.2, 0.25) is 0 Å². The van der Waals surface area contributed by atoms with Gasteiger partial charge in [0, 0.05) is 28.2 Å². The van der Waals surface area contributed by atoms with E-state index in [4.69, 9.17) is 12.2 Å². The average Bonchev–Trinajstić information content (AvgIpc) is 2.65. The highest BCUT2D eigenvalue weighted by atomic mass is 32.1. The number of benzene rings is 2. The molecule has 0 spiro atoms. The molecule has 0 aliphatic rings. The third-order valence-corrected chi connectivity index (χ3v) is 5.33. The van der Waals surface area contributed by atoms with Crippen LogP contribution in [0.1, 0.15) is 34.7 Å². The van der Waals surface area contributed by atoms with Crippen LogP contribution in [-0.2, 0) is 0 Å². The van der Waals surface area contributed by atoms with Gasteiger partial charge in [-0.05, 0) is 69.0 Å². The highest BCUT2D eigenvalue weighted by molar-refractivity contribution is 7.80. The van der Waals surface area contributed by atoms with Crippen molar-refractivity contribution in [1.82, 2.24) is 5.32 Å². The molecule has 0 unspecified atom stereocenters. The van der Waals surface area contributed by atoms with Crippen molar-refractivity contribution in [3.8, 4) is 0 Å². The first kappa shape index (κ1) is 21.6. The van der Waals surface area contributed by atoms with Gasteiger partial charge in [-0.2, -0.15) is 0 Å². The molecule has 2 rings (SSSR count). The summed E-state index contributed by atoms with van der Waals surface area (Å²) in [4.78, 5) is 0.319. The lowest BCUT2D eigenvalue weighted by Crippen LogP contribution is -2.25. The molecule has 0 atom stereocenters. The van der Waals surface area contributed by atoms with E-state index in [1.165, 1.54) is 22.8 Å². The zero-order valence-electron chi connectivity index (χ0n) is 17.2. The average molecular weight is 395 g/mol.